The molecular formula is C9H11FN2O3. The third-order valence-electron chi connectivity index (χ3n) is 1.72. The minimum atomic E-state index is -1.32. The number of pyridine rings is 1. The van der Waals surface area contributed by atoms with Gasteiger partial charge in [-0.3, -0.25) is 0 Å². The average molecular weight is 214 g/mol. The summed E-state index contributed by atoms with van der Waals surface area (Å²) in [5, 5.41) is 11.3. The Labute approximate surface area is 85.9 Å². The summed E-state index contributed by atoms with van der Waals surface area (Å²) in [4.78, 5) is 14.3. The van der Waals surface area contributed by atoms with E-state index in [1.807, 2.05) is 0 Å². The Morgan fingerprint density at radius 2 is 2.47 bits per heavy atom. The number of halogens is 1. The molecule has 0 saturated carbocycles. The van der Waals surface area contributed by atoms with Gasteiger partial charge in [0, 0.05) is 19.9 Å². The van der Waals surface area contributed by atoms with Crippen LogP contribution >= 0.6 is 0 Å². The third-order valence-corrected chi connectivity index (χ3v) is 1.72. The maximum absolute atomic E-state index is 13.4. The molecule has 0 spiro atoms. The largest absolute Gasteiger partial charge is 0.478 e. The number of carboxylic acid groups (broad SMARTS) is 1. The zero-order chi connectivity index (χ0) is 11.3. The van der Waals surface area contributed by atoms with Crippen LogP contribution in [0.3, 0.4) is 0 Å². The van der Waals surface area contributed by atoms with Crippen LogP contribution < -0.4 is 5.32 Å². The van der Waals surface area contributed by atoms with Crippen LogP contribution in [0.4, 0.5) is 10.2 Å². The van der Waals surface area contributed by atoms with Crippen molar-refractivity contribution in [2.45, 2.75) is 0 Å². The lowest BCUT2D eigenvalue weighted by molar-refractivity contribution is 0.0692. The lowest BCUT2D eigenvalue weighted by Crippen LogP contribution is -2.12. The van der Waals surface area contributed by atoms with Crippen molar-refractivity contribution in [1.82, 2.24) is 4.98 Å². The normalized spacial score (nSPS) is 10.0. The van der Waals surface area contributed by atoms with E-state index in [2.05, 4.69) is 10.3 Å². The molecule has 0 atom stereocenters. The Kier molecular flexibility index (Phi) is 3.99. The summed E-state index contributed by atoms with van der Waals surface area (Å²) < 4.78 is 18.2. The number of aromatic carboxylic acids is 1. The van der Waals surface area contributed by atoms with E-state index in [0.29, 0.717) is 13.2 Å². The zero-order valence-electron chi connectivity index (χ0n) is 8.16. The summed E-state index contributed by atoms with van der Waals surface area (Å²) in [6, 6.07) is 1.11. The van der Waals surface area contributed by atoms with Crippen molar-refractivity contribution in [3.63, 3.8) is 0 Å². The first-order valence-corrected chi connectivity index (χ1v) is 4.27. The molecule has 0 unspecified atom stereocenters. The molecule has 1 heterocycles. The number of carbonyl (C=O) groups is 1. The Morgan fingerprint density at radius 1 is 1.73 bits per heavy atom. The van der Waals surface area contributed by atoms with Gasteiger partial charge in [0.2, 0.25) is 0 Å². The number of ether oxygens (including phenoxy) is 1. The topological polar surface area (TPSA) is 71.5 Å². The monoisotopic (exact) mass is 214 g/mol. The van der Waals surface area contributed by atoms with Gasteiger partial charge in [-0.2, -0.15) is 0 Å². The lowest BCUT2D eigenvalue weighted by Gasteiger charge is -2.06. The van der Waals surface area contributed by atoms with Crippen LogP contribution in [0.2, 0.25) is 0 Å². The number of anilines is 1. The number of rotatable bonds is 5. The maximum Gasteiger partial charge on any atom is 0.338 e. The molecule has 82 valence electrons. The number of methoxy groups -OCH3 is 1. The van der Waals surface area contributed by atoms with Crippen LogP contribution in [-0.4, -0.2) is 36.3 Å². The molecule has 0 bridgehead atoms. The second-order valence-electron chi connectivity index (χ2n) is 2.75. The highest BCUT2D eigenvalue weighted by molar-refractivity contribution is 5.88. The fourth-order valence-electron chi connectivity index (χ4n) is 1.00. The highest BCUT2D eigenvalue weighted by atomic mass is 19.1. The number of aromatic nitrogens is 1. The standard InChI is InChI=1S/C9H11FN2O3/c1-15-5-4-12-8-7(10)6(9(13)14)2-3-11-8/h2-3H,4-5H2,1H3,(H,11,12)(H,13,14). The summed E-state index contributed by atoms with van der Waals surface area (Å²) in [6.45, 7) is 0.752. The Morgan fingerprint density at radius 3 is 3.07 bits per heavy atom. The fourth-order valence-corrected chi connectivity index (χ4v) is 1.00. The molecule has 0 aliphatic heterocycles. The van der Waals surface area contributed by atoms with Gasteiger partial charge in [-0.1, -0.05) is 0 Å². The van der Waals surface area contributed by atoms with Crippen molar-refractivity contribution >= 4 is 11.8 Å². The smallest absolute Gasteiger partial charge is 0.338 e. The molecule has 0 aliphatic carbocycles. The van der Waals surface area contributed by atoms with Gasteiger partial charge in [0.05, 0.1) is 6.61 Å². The molecule has 0 aromatic carbocycles. The number of hydrogen-bond donors (Lipinski definition) is 2. The van der Waals surface area contributed by atoms with E-state index in [-0.39, 0.29) is 5.82 Å². The average Bonchev–Trinajstić information content (AvgIpc) is 2.20. The summed E-state index contributed by atoms with van der Waals surface area (Å²) >= 11 is 0. The highest BCUT2D eigenvalue weighted by Crippen LogP contribution is 2.14. The number of nitrogens with zero attached hydrogens (tertiary/aromatic N) is 1. The first kappa shape index (κ1) is 11.4. The van der Waals surface area contributed by atoms with E-state index in [9.17, 15) is 9.18 Å². The van der Waals surface area contributed by atoms with Crippen molar-refractivity contribution < 1.29 is 19.0 Å². The van der Waals surface area contributed by atoms with E-state index >= 15 is 0 Å². The van der Waals surface area contributed by atoms with Crippen LogP contribution in [0.25, 0.3) is 0 Å². The molecule has 0 amide bonds. The molecule has 1 rings (SSSR count). The van der Waals surface area contributed by atoms with Gasteiger partial charge in [0.15, 0.2) is 11.6 Å². The van der Waals surface area contributed by atoms with Crippen LogP contribution in [0.15, 0.2) is 12.3 Å². The SMILES string of the molecule is COCCNc1nccc(C(=O)O)c1F. The van der Waals surface area contributed by atoms with Gasteiger partial charge in [-0.15, -0.1) is 0 Å². The van der Waals surface area contributed by atoms with Gasteiger partial charge in [0.25, 0.3) is 0 Å². The molecule has 1 aromatic rings. The summed E-state index contributed by atoms with van der Waals surface area (Å²) in [5.41, 5.74) is -0.398. The molecule has 1 aromatic heterocycles. The van der Waals surface area contributed by atoms with Crippen molar-refractivity contribution in [3.05, 3.63) is 23.6 Å². The van der Waals surface area contributed by atoms with Gasteiger partial charge in [-0.25, -0.2) is 14.2 Å². The molecule has 0 fully saturated rings. The highest BCUT2D eigenvalue weighted by Gasteiger charge is 2.14. The molecular weight excluding hydrogens is 203 g/mol. The van der Waals surface area contributed by atoms with E-state index < -0.39 is 17.3 Å². The van der Waals surface area contributed by atoms with E-state index in [1.54, 1.807) is 0 Å². The predicted octanol–water partition coefficient (Wildman–Crippen LogP) is 0.977. The molecule has 0 aliphatic rings. The lowest BCUT2D eigenvalue weighted by atomic mass is 10.2. The van der Waals surface area contributed by atoms with Crippen LogP contribution in [0, 0.1) is 5.82 Å². The van der Waals surface area contributed by atoms with Crippen LogP contribution in [0.5, 0.6) is 0 Å². The molecule has 15 heavy (non-hydrogen) atoms. The number of nitrogens with one attached hydrogen (secondary N) is 1. The van der Waals surface area contributed by atoms with Crippen molar-refractivity contribution in [2.24, 2.45) is 0 Å². The summed E-state index contributed by atoms with van der Waals surface area (Å²) in [7, 11) is 1.51. The van der Waals surface area contributed by atoms with Crippen LogP contribution in [0.1, 0.15) is 10.4 Å². The van der Waals surface area contributed by atoms with E-state index in [0.717, 1.165) is 6.07 Å². The Bertz CT molecular complexity index is 357. The molecule has 0 saturated heterocycles. The van der Waals surface area contributed by atoms with Crippen molar-refractivity contribution in [1.29, 1.82) is 0 Å². The molecule has 2 N–H and O–H groups in total. The first-order valence-electron chi connectivity index (χ1n) is 4.27. The van der Waals surface area contributed by atoms with Gasteiger partial charge in [0.1, 0.15) is 5.56 Å². The minimum Gasteiger partial charge on any atom is -0.478 e. The number of hydrogen-bond acceptors (Lipinski definition) is 4. The second kappa shape index (κ2) is 5.26. The fraction of sp³-hybridized carbons (Fsp3) is 0.333. The summed E-state index contributed by atoms with van der Waals surface area (Å²) in [6.07, 6.45) is 1.24. The Hall–Kier alpha value is -1.69. The third kappa shape index (κ3) is 2.88. The predicted molar refractivity (Wildman–Crippen MR) is 51.5 cm³/mol. The van der Waals surface area contributed by atoms with Gasteiger partial charge < -0.3 is 15.2 Å². The van der Waals surface area contributed by atoms with Crippen LogP contribution in [-0.2, 0) is 4.74 Å². The van der Waals surface area contributed by atoms with E-state index in [4.69, 9.17) is 9.84 Å². The minimum absolute atomic E-state index is 0.0769. The molecule has 0 radical (unpaired) electrons. The van der Waals surface area contributed by atoms with E-state index in [1.165, 1.54) is 13.3 Å². The number of carboxylic acids is 1. The van der Waals surface area contributed by atoms with Crippen molar-refractivity contribution in [3.8, 4) is 0 Å². The zero-order valence-corrected chi connectivity index (χ0v) is 8.16. The summed E-state index contributed by atoms with van der Waals surface area (Å²) in [5.74, 6) is -2.25. The maximum atomic E-state index is 13.4. The first-order chi connectivity index (χ1) is 7.16. The quantitative estimate of drug-likeness (QED) is 0.715. The van der Waals surface area contributed by atoms with Gasteiger partial charge >= 0.3 is 5.97 Å². The van der Waals surface area contributed by atoms with Crippen molar-refractivity contribution in [2.75, 3.05) is 25.6 Å². The van der Waals surface area contributed by atoms with Gasteiger partial charge in [-0.05, 0) is 6.07 Å². The molecule has 6 heteroatoms. The molecule has 5 nitrogen and oxygen atoms in total. The Balaban J connectivity index is 2.80. The second-order valence-corrected chi connectivity index (χ2v) is 2.75.